The highest BCUT2D eigenvalue weighted by atomic mass is 16.4. The summed E-state index contributed by atoms with van der Waals surface area (Å²) in [6, 6.07) is 2.05. The normalized spacial score (nSPS) is 30.6. The van der Waals surface area contributed by atoms with Crippen LogP contribution in [0.4, 0.5) is 4.79 Å². The first kappa shape index (κ1) is 14.5. The number of carbonyl (C=O) groups excluding carboxylic acids is 1. The van der Waals surface area contributed by atoms with E-state index in [9.17, 15) is 9.59 Å². The molecule has 1 amide bonds. The molecule has 0 aliphatic heterocycles. The average Bonchev–Trinajstić information content (AvgIpc) is 2.22. The van der Waals surface area contributed by atoms with Crippen molar-refractivity contribution in [3.8, 4) is 6.07 Å². The summed E-state index contributed by atoms with van der Waals surface area (Å²) < 4.78 is 0. The molecule has 0 aromatic carbocycles. The predicted octanol–water partition coefficient (Wildman–Crippen LogP) is 2.13. The van der Waals surface area contributed by atoms with Crippen LogP contribution in [-0.2, 0) is 4.79 Å². The fourth-order valence-corrected chi connectivity index (χ4v) is 3.15. The Morgan fingerprint density at radius 2 is 2.11 bits per heavy atom. The van der Waals surface area contributed by atoms with E-state index in [2.05, 4.69) is 6.07 Å². The molecule has 5 heteroatoms. The Balaban J connectivity index is 2.94. The fourth-order valence-electron chi connectivity index (χ4n) is 3.15. The van der Waals surface area contributed by atoms with Gasteiger partial charge in [-0.2, -0.15) is 5.26 Å². The molecule has 5 nitrogen and oxygen atoms in total. The van der Waals surface area contributed by atoms with Gasteiger partial charge in [-0.1, -0.05) is 20.8 Å². The van der Waals surface area contributed by atoms with Crippen LogP contribution in [0.1, 0.15) is 33.6 Å². The van der Waals surface area contributed by atoms with Crippen LogP contribution in [0.3, 0.4) is 0 Å². The average molecular weight is 252 g/mol. The topological polar surface area (TPSA) is 81.4 Å². The van der Waals surface area contributed by atoms with Crippen LogP contribution in [0.2, 0.25) is 0 Å². The number of carbonyl (C=O) groups is 2. The van der Waals surface area contributed by atoms with Crippen molar-refractivity contribution >= 4 is 11.9 Å². The molecule has 18 heavy (non-hydrogen) atoms. The molecule has 2 atom stereocenters. The monoisotopic (exact) mass is 252 g/mol. The van der Waals surface area contributed by atoms with E-state index in [0.717, 1.165) is 0 Å². The second-order valence-electron chi connectivity index (χ2n) is 6.26. The van der Waals surface area contributed by atoms with Gasteiger partial charge in [0.25, 0.3) is 0 Å². The van der Waals surface area contributed by atoms with Gasteiger partial charge in [-0.3, -0.25) is 4.79 Å². The zero-order valence-corrected chi connectivity index (χ0v) is 11.4. The molecule has 0 aromatic heterocycles. The summed E-state index contributed by atoms with van der Waals surface area (Å²) in [6.45, 7) is 5.96. The van der Waals surface area contributed by atoms with E-state index in [1.807, 2.05) is 20.8 Å². The Kier molecular flexibility index (Phi) is 3.70. The van der Waals surface area contributed by atoms with E-state index in [1.165, 1.54) is 11.9 Å². The molecule has 1 N–H and O–H groups in total. The van der Waals surface area contributed by atoms with Crippen molar-refractivity contribution in [3.63, 3.8) is 0 Å². The minimum Gasteiger partial charge on any atom is -0.465 e. The third kappa shape index (κ3) is 2.81. The van der Waals surface area contributed by atoms with Crippen molar-refractivity contribution in [2.45, 2.75) is 33.6 Å². The van der Waals surface area contributed by atoms with Crippen LogP contribution in [0.15, 0.2) is 0 Å². The lowest BCUT2D eigenvalue weighted by Crippen LogP contribution is -2.48. The van der Waals surface area contributed by atoms with Crippen molar-refractivity contribution in [2.24, 2.45) is 16.7 Å². The van der Waals surface area contributed by atoms with Gasteiger partial charge in [0, 0.05) is 19.0 Å². The Bertz CT molecular complexity index is 411. The van der Waals surface area contributed by atoms with Gasteiger partial charge < -0.3 is 10.0 Å². The smallest absolute Gasteiger partial charge is 0.407 e. The van der Waals surface area contributed by atoms with Gasteiger partial charge in [0.1, 0.15) is 5.92 Å². The summed E-state index contributed by atoms with van der Waals surface area (Å²) in [7, 11) is 1.51. The Hall–Kier alpha value is -1.57. The first-order valence-corrected chi connectivity index (χ1v) is 5.99. The van der Waals surface area contributed by atoms with Crippen molar-refractivity contribution < 1.29 is 14.7 Å². The zero-order chi connectivity index (χ0) is 14.1. The first-order valence-electron chi connectivity index (χ1n) is 5.99. The van der Waals surface area contributed by atoms with E-state index in [0.29, 0.717) is 19.4 Å². The van der Waals surface area contributed by atoms with Crippen LogP contribution in [0, 0.1) is 28.1 Å². The highest BCUT2D eigenvalue weighted by Crippen LogP contribution is 2.46. The second-order valence-corrected chi connectivity index (χ2v) is 6.26. The highest BCUT2D eigenvalue weighted by molar-refractivity contribution is 5.89. The SMILES string of the molecule is CN(CC1(C)CC(C#N)C(=O)C(C)(C)C1)C(=O)O. The Labute approximate surface area is 107 Å². The number of ketones is 1. The van der Waals surface area contributed by atoms with Crippen molar-refractivity contribution in [1.29, 1.82) is 5.26 Å². The molecular weight excluding hydrogens is 232 g/mol. The molecular formula is C13H20N2O3. The van der Waals surface area contributed by atoms with Gasteiger partial charge in [0.15, 0.2) is 5.78 Å². The summed E-state index contributed by atoms with van der Waals surface area (Å²) in [6.07, 6.45) is 0.0531. The van der Waals surface area contributed by atoms with Gasteiger partial charge in [0.2, 0.25) is 0 Å². The van der Waals surface area contributed by atoms with Gasteiger partial charge in [-0.25, -0.2) is 4.79 Å². The minimum atomic E-state index is -0.987. The third-order valence-electron chi connectivity index (χ3n) is 3.65. The van der Waals surface area contributed by atoms with E-state index in [1.54, 1.807) is 0 Å². The number of carboxylic acid groups (broad SMARTS) is 1. The van der Waals surface area contributed by atoms with Crippen LogP contribution >= 0.6 is 0 Å². The number of hydrogen-bond acceptors (Lipinski definition) is 3. The van der Waals surface area contributed by atoms with Gasteiger partial charge >= 0.3 is 6.09 Å². The van der Waals surface area contributed by atoms with Gasteiger partial charge in [0.05, 0.1) is 6.07 Å². The number of nitrogens with zero attached hydrogens (tertiary/aromatic N) is 2. The Morgan fingerprint density at radius 3 is 2.56 bits per heavy atom. The van der Waals surface area contributed by atoms with Gasteiger partial charge in [-0.15, -0.1) is 0 Å². The van der Waals surface area contributed by atoms with Crippen LogP contribution < -0.4 is 0 Å². The number of rotatable bonds is 2. The molecule has 100 valence electrons. The summed E-state index contributed by atoms with van der Waals surface area (Å²) in [4.78, 5) is 24.1. The van der Waals surface area contributed by atoms with Crippen molar-refractivity contribution in [1.82, 2.24) is 4.90 Å². The quantitative estimate of drug-likeness (QED) is 0.816. The standard InChI is InChI=1S/C13H20N2O3/c1-12(2)7-13(3,8-15(4)11(17)18)5-9(6-14)10(12)16/h9H,5,7-8H2,1-4H3,(H,17,18). The largest absolute Gasteiger partial charge is 0.465 e. The van der Waals surface area contributed by atoms with Crippen LogP contribution in [0.25, 0.3) is 0 Å². The molecule has 0 aromatic rings. The predicted molar refractivity (Wildman–Crippen MR) is 65.9 cm³/mol. The Morgan fingerprint density at radius 1 is 1.56 bits per heavy atom. The molecule has 0 spiro atoms. The van der Waals surface area contributed by atoms with E-state index in [4.69, 9.17) is 10.4 Å². The lowest BCUT2D eigenvalue weighted by molar-refractivity contribution is -0.136. The summed E-state index contributed by atoms with van der Waals surface area (Å²) in [5.74, 6) is -0.651. The van der Waals surface area contributed by atoms with E-state index >= 15 is 0 Å². The second kappa shape index (κ2) is 4.60. The lowest BCUT2D eigenvalue weighted by atomic mass is 9.60. The molecule has 1 rings (SSSR count). The molecule has 0 heterocycles. The molecule has 2 unspecified atom stereocenters. The maximum Gasteiger partial charge on any atom is 0.407 e. The molecule has 1 aliphatic carbocycles. The lowest BCUT2D eigenvalue weighted by Gasteiger charge is -2.44. The number of hydrogen-bond donors (Lipinski definition) is 1. The third-order valence-corrected chi connectivity index (χ3v) is 3.65. The zero-order valence-electron chi connectivity index (χ0n) is 11.4. The van der Waals surface area contributed by atoms with Gasteiger partial charge in [-0.05, 0) is 18.3 Å². The van der Waals surface area contributed by atoms with Crippen molar-refractivity contribution in [3.05, 3.63) is 0 Å². The fraction of sp³-hybridized carbons (Fsp3) is 0.769. The summed E-state index contributed by atoms with van der Waals surface area (Å²) in [5.41, 5.74) is -0.891. The van der Waals surface area contributed by atoms with Crippen LogP contribution in [0.5, 0.6) is 0 Å². The number of nitriles is 1. The van der Waals surface area contributed by atoms with E-state index in [-0.39, 0.29) is 11.2 Å². The molecule has 0 radical (unpaired) electrons. The summed E-state index contributed by atoms with van der Waals surface area (Å²) >= 11 is 0. The highest BCUT2D eigenvalue weighted by Gasteiger charge is 2.48. The molecule has 1 fully saturated rings. The maximum absolute atomic E-state index is 12.0. The number of amides is 1. The molecule has 1 saturated carbocycles. The summed E-state index contributed by atoms with van der Waals surface area (Å²) in [5, 5.41) is 18.0. The van der Waals surface area contributed by atoms with E-state index < -0.39 is 17.4 Å². The van der Waals surface area contributed by atoms with Crippen molar-refractivity contribution in [2.75, 3.05) is 13.6 Å². The first-order chi connectivity index (χ1) is 8.11. The van der Waals surface area contributed by atoms with Crippen LogP contribution in [-0.4, -0.2) is 35.5 Å². The number of Topliss-reactive ketones (excluding diaryl/α,β-unsaturated/α-hetero) is 1. The molecule has 1 aliphatic rings. The minimum absolute atomic E-state index is 0.0274. The maximum atomic E-state index is 12.0. The molecule has 0 saturated heterocycles. The molecule has 0 bridgehead atoms.